The second-order valence-electron chi connectivity index (χ2n) is 14.9. The van der Waals surface area contributed by atoms with Gasteiger partial charge in [-0.3, -0.25) is 0 Å². The van der Waals surface area contributed by atoms with Crippen molar-refractivity contribution in [2.45, 2.75) is 89.5 Å². The predicted molar refractivity (Wildman–Crippen MR) is 198 cm³/mol. The highest BCUT2D eigenvalue weighted by molar-refractivity contribution is 6.04. The number of hydrogen-bond donors (Lipinski definition) is 4. The number of unbranched alkanes of at least 4 members (excludes halogenated alkanes) is 1. The van der Waals surface area contributed by atoms with E-state index in [1.807, 2.05) is 6.92 Å². The molecule has 2 unspecified atom stereocenters. The van der Waals surface area contributed by atoms with Gasteiger partial charge in [-0.05, 0) is 81.0 Å². The summed E-state index contributed by atoms with van der Waals surface area (Å²) in [5, 5.41) is 34.1. The summed E-state index contributed by atoms with van der Waals surface area (Å²) in [6, 6.07) is 5.67. The maximum atomic E-state index is 16.9. The summed E-state index contributed by atoms with van der Waals surface area (Å²) in [7, 11) is 1.38. The Hall–Kier alpha value is -4.52. The van der Waals surface area contributed by atoms with Gasteiger partial charge in [0.1, 0.15) is 34.9 Å². The fourth-order valence-electron chi connectivity index (χ4n) is 8.32. The topological polar surface area (TPSA) is 133 Å². The lowest BCUT2D eigenvalue weighted by atomic mass is 9.71. The number of benzene rings is 2. The maximum Gasteiger partial charge on any atom is 0.417 e. The summed E-state index contributed by atoms with van der Waals surface area (Å²) in [5.41, 5.74) is -2.84. The van der Waals surface area contributed by atoms with Crippen molar-refractivity contribution in [3.05, 3.63) is 41.5 Å². The smallest absolute Gasteiger partial charge is 0.417 e. The van der Waals surface area contributed by atoms with E-state index in [1.54, 1.807) is 11.8 Å². The first-order valence-electron chi connectivity index (χ1n) is 18.6. The summed E-state index contributed by atoms with van der Waals surface area (Å²) in [5.74, 6) is 0.862. The quantitative estimate of drug-likeness (QED) is 0.0736. The Balaban J connectivity index is 0.000000448. The van der Waals surface area contributed by atoms with Crippen LogP contribution in [0.15, 0.2) is 24.3 Å². The molecule has 2 aromatic carbocycles. The molecule has 2 aromatic heterocycles. The third-order valence-corrected chi connectivity index (χ3v) is 11.1. The first-order valence-corrected chi connectivity index (χ1v) is 18.6. The van der Waals surface area contributed by atoms with Crippen molar-refractivity contribution < 1.29 is 46.7 Å². The number of phenols is 1. The van der Waals surface area contributed by atoms with Gasteiger partial charge >= 0.3 is 12.2 Å². The molecule has 296 valence electrons. The third-order valence-electron chi connectivity index (χ3n) is 11.1. The number of nitrogens with zero attached hydrogens (tertiary/aromatic N) is 4. The van der Waals surface area contributed by atoms with Gasteiger partial charge < -0.3 is 35.0 Å². The van der Waals surface area contributed by atoms with E-state index in [1.165, 1.54) is 31.4 Å². The number of aliphatic hydroxyl groups is 2. The van der Waals surface area contributed by atoms with Crippen LogP contribution < -0.4 is 19.7 Å². The molecule has 0 amide bonds. The molecule has 4 aromatic rings. The molecule has 55 heavy (non-hydrogen) atoms. The molecule has 7 rings (SSSR count). The Bertz CT molecular complexity index is 2090. The van der Waals surface area contributed by atoms with E-state index in [0.717, 1.165) is 51.5 Å². The molecule has 3 aliphatic rings. The van der Waals surface area contributed by atoms with E-state index in [9.17, 15) is 27.8 Å². The number of piperidine rings is 1. The van der Waals surface area contributed by atoms with Gasteiger partial charge in [0.05, 0.1) is 19.3 Å². The molecule has 1 aliphatic heterocycles. The molecule has 3 fully saturated rings. The number of aromatic nitrogens is 3. The number of phenolic OH excluding ortho intramolecular Hbond substituents is 1. The predicted octanol–water partition coefficient (Wildman–Crippen LogP) is 7.39. The van der Waals surface area contributed by atoms with Crippen molar-refractivity contribution in [1.82, 2.24) is 20.3 Å². The van der Waals surface area contributed by atoms with Crippen molar-refractivity contribution >= 4 is 27.5 Å². The number of hydrogen-bond acceptors (Lipinski definition) is 10. The molecule has 2 atom stereocenters. The minimum absolute atomic E-state index is 0.00613. The number of pyridine rings is 1. The molecule has 2 aliphatic carbocycles. The Labute approximate surface area is 316 Å². The monoisotopic (exact) mass is 771 g/mol. The van der Waals surface area contributed by atoms with Gasteiger partial charge in [-0.25, -0.2) is 13.8 Å². The number of ether oxygens (including phenoxy) is 2. The van der Waals surface area contributed by atoms with E-state index in [4.69, 9.17) is 21.0 Å². The van der Waals surface area contributed by atoms with E-state index in [2.05, 4.69) is 26.2 Å². The third kappa shape index (κ3) is 7.68. The van der Waals surface area contributed by atoms with Gasteiger partial charge in [0.15, 0.2) is 17.2 Å². The van der Waals surface area contributed by atoms with Crippen LogP contribution in [0.3, 0.4) is 0 Å². The van der Waals surface area contributed by atoms with Crippen molar-refractivity contribution in [3.8, 4) is 41.2 Å². The van der Waals surface area contributed by atoms with E-state index in [-0.39, 0.29) is 80.7 Å². The maximum absolute atomic E-state index is 16.9. The van der Waals surface area contributed by atoms with E-state index < -0.39 is 30.1 Å². The lowest BCUT2D eigenvalue weighted by Crippen LogP contribution is -2.54. The second kappa shape index (κ2) is 15.9. The Morgan fingerprint density at radius 3 is 2.47 bits per heavy atom. The van der Waals surface area contributed by atoms with Crippen LogP contribution in [0, 0.1) is 35.3 Å². The number of anilines is 1. The summed E-state index contributed by atoms with van der Waals surface area (Å²) in [4.78, 5) is 15.3. The lowest BCUT2D eigenvalue weighted by molar-refractivity contribution is -0.297. The number of aromatic hydroxyl groups is 1. The standard InChI is InChI=1S/C34H37F2N5O4.C6H9F3O/c1-4-6-15-41(19-42)31-27-30(39-33(40-31)45-18-34-12-7-9-25(34)37-14-8-13-34)28(36)29(38-32(27)44-3)23-17-21(43)16-20-10-11-24(35)22(5-2)26(20)23;1-4-2-5(10,3-4)6(7,8)9/h2,10-11,16-17,25,37,42-43H,4,6-9,12-15,18-19H2,1,3H3;4,10H,2-3H2,1H3. The zero-order valence-corrected chi connectivity index (χ0v) is 31.1. The average Bonchev–Trinajstić information content (AvgIpc) is 3.58. The zero-order chi connectivity index (χ0) is 39.7. The van der Waals surface area contributed by atoms with Crippen LogP contribution in [0.5, 0.6) is 17.6 Å². The molecular weight excluding hydrogens is 725 g/mol. The first-order chi connectivity index (χ1) is 26.2. The van der Waals surface area contributed by atoms with Crippen LogP contribution in [0.1, 0.15) is 77.2 Å². The minimum Gasteiger partial charge on any atom is -0.508 e. The van der Waals surface area contributed by atoms with Crippen LogP contribution in [0.4, 0.5) is 27.8 Å². The fourth-order valence-corrected chi connectivity index (χ4v) is 8.32. The number of methoxy groups -OCH3 is 1. The Morgan fingerprint density at radius 1 is 1.09 bits per heavy atom. The largest absolute Gasteiger partial charge is 0.508 e. The zero-order valence-electron chi connectivity index (χ0n) is 31.1. The molecule has 0 bridgehead atoms. The molecule has 2 saturated carbocycles. The Morgan fingerprint density at radius 2 is 1.84 bits per heavy atom. The number of rotatable bonds is 10. The molecule has 1 saturated heterocycles. The fraction of sp³-hybridized carbons (Fsp3) is 0.525. The number of halogens is 5. The van der Waals surface area contributed by atoms with Gasteiger partial charge in [0.2, 0.25) is 5.88 Å². The summed E-state index contributed by atoms with van der Waals surface area (Å²) in [6.07, 6.45) is 7.80. The molecule has 10 nitrogen and oxygen atoms in total. The van der Waals surface area contributed by atoms with Crippen LogP contribution >= 0.6 is 0 Å². The number of terminal acetylenes is 1. The minimum atomic E-state index is -4.43. The summed E-state index contributed by atoms with van der Waals surface area (Å²) in [6.45, 7) is 5.10. The van der Waals surface area contributed by atoms with Gasteiger partial charge in [-0.15, -0.1) is 6.42 Å². The normalized spacial score (nSPS) is 23.4. The van der Waals surface area contributed by atoms with E-state index in [0.29, 0.717) is 24.6 Å². The van der Waals surface area contributed by atoms with Gasteiger partial charge in [0.25, 0.3) is 0 Å². The van der Waals surface area contributed by atoms with Crippen molar-refractivity contribution in [2.24, 2.45) is 11.3 Å². The molecule has 0 spiro atoms. The van der Waals surface area contributed by atoms with Crippen LogP contribution in [-0.4, -0.2) is 81.6 Å². The van der Waals surface area contributed by atoms with Gasteiger partial charge in [0, 0.05) is 29.0 Å². The van der Waals surface area contributed by atoms with Crippen molar-refractivity contribution in [3.63, 3.8) is 0 Å². The number of alkyl halides is 3. The van der Waals surface area contributed by atoms with Crippen LogP contribution in [0.2, 0.25) is 0 Å². The highest BCUT2D eigenvalue weighted by Gasteiger charge is 2.59. The number of nitrogens with one attached hydrogen (secondary N) is 1. The number of fused-ring (bicyclic) bond motifs is 3. The molecular formula is C40H46F5N5O5. The SMILES string of the molecule is C#Cc1c(F)ccc2cc(O)cc(-c3nc(OC)c4c(N(CO)CCCC)nc(OCC56CCCNC5CCC6)nc4c3F)c12.CC1CC(O)(C(F)(F)F)C1. The first kappa shape index (κ1) is 40.2. The van der Waals surface area contributed by atoms with Gasteiger partial charge in [-0.1, -0.05) is 38.7 Å². The van der Waals surface area contributed by atoms with Crippen LogP contribution in [0.25, 0.3) is 32.9 Å². The Kier molecular flexibility index (Phi) is 11.6. The van der Waals surface area contributed by atoms with Crippen molar-refractivity contribution in [2.75, 3.05) is 38.4 Å². The molecule has 4 N–H and O–H groups in total. The number of aliphatic hydroxyl groups excluding tert-OH is 1. The average molecular weight is 772 g/mol. The second-order valence-corrected chi connectivity index (χ2v) is 14.9. The summed E-state index contributed by atoms with van der Waals surface area (Å²) >= 11 is 0. The van der Waals surface area contributed by atoms with Crippen molar-refractivity contribution in [1.29, 1.82) is 0 Å². The van der Waals surface area contributed by atoms with Crippen LogP contribution in [-0.2, 0) is 0 Å². The highest BCUT2D eigenvalue weighted by Crippen LogP contribution is 2.48. The lowest BCUT2D eigenvalue weighted by Gasteiger charge is -2.42. The highest BCUT2D eigenvalue weighted by atomic mass is 19.4. The summed E-state index contributed by atoms with van der Waals surface area (Å²) < 4.78 is 79.1. The van der Waals surface area contributed by atoms with Gasteiger partial charge in [-0.2, -0.15) is 23.1 Å². The molecule has 0 radical (unpaired) electrons. The molecule has 15 heteroatoms. The molecule has 3 heterocycles. The van der Waals surface area contributed by atoms with E-state index >= 15 is 4.39 Å².